The minimum absolute atomic E-state index is 0.145. The van der Waals surface area contributed by atoms with Crippen molar-refractivity contribution in [1.29, 1.82) is 5.26 Å². The van der Waals surface area contributed by atoms with Crippen molar-refractivity contribution in [1.82, 2.24) is 19.8 Å². The summed E-state index contributed by atoms with van der Waals surface area (Å²) in [6, 6.07) is 15.0. The van der Waals surface area contributed by atoms with E-state index in [9.17, 15) is 10.1 Å². The molecule has 6 rings (SSSR count). The van der Waals surface area contributed by atoms with Gasteiger partial charge in [-0.3, -0.25) is 4.79 Å². The molecule has 218 valence electrons. The number of carbonyl (C=O) groups is 1. The second-order valence-electron chi connectivity index (χ2n) is 11.3. The summed E-state index contributed by atoms with van der Waals surface area (Å²) >= 11 is 6.69. The first-order valence-electron chi connectivity index (χ1n) is 14.7. The third-order valence-corrected chi connectivity index (χ3v) is 9.15. The molecule has 1 aromatic heterocycles. The summed E-state index contributed by atoms with van der Waals surface area (Å²) in [5, 5.41) is 12.4. The van der Waals surface area contributed by atoms with Crippen LogP contribution in [0.2, 0.25) is 5.02 Å². The van der Waals surface area contributed by atoms with Crippen molar-refractivity contribution in [3.05, 3.63) is 65.3 Å². The lowest BCUT2D eigenvalue weighted by molar-refractivity contribution is -0.128. The highest BCUT2D eigenvalue weighted by molar-refractivity contribution is 6.36. The summed E-state index contributed by atoms with van der Waals surface area (Å²) in [7, 11) is 2.13. The van der Waals surface area contributed by atoms with E-state index in [1.165, 1.54) is 6.08 Å². The van der Waals surface area contributed by atoms with Crippen LogP contribution >= 0.6 is 11.6 Å². The molecule has 0 unspecified atom stereocenters. The molecule has 10 heteroatoms. The number of likely N-dealkylation sites (tertiary alicyclic amines) is 1. The summed E-state index contributed by atoms with van der Waals surface area (Å²) in [4.78, 5) is 31.1. The van der Waals surface area contributed by atoms with Crippen LogP contribution in [0.1, 0.15) is 30.5 Å². The Morgan fingerprint density at radius 2 is 1.98 bits per heavy atom. The van der Waals surface area contributed by atoms with Gasteiger partial charge in [-0.15, -0.1) is 0 Å². The zero-order valence-electron chi connectivity index (χ0n) is 24.0. The van der Waals surface area contributed by atoms with E-state index in [2.05, 4.69) is 58.7 Å². The van der Waals surface area contributed by atoms with Gasteiger partial charge in [0.1, 0.15) is 12.4 Å². The largest absolute Gasteiger partial charge is 0.462 e. The van der Waals surface area contributed by atoms with E-state index < -0.39 is 0 Å². The molecule has 4 heterocycles. The molecule has 2 fully saturated rings. The van der Waals surface area contributed by atoms with Crippen LogP contribution in [-0.2, 0) is 17.8 Å². The van der Waals surface area contributed by atoms with E-state index in [0.29, 0.717) is 44.8 Å². The Labute approximate surface area is 251 Å². The topological polar surface area (TPSA) is 88.8 Å². The molecule has 0 spiro atoms. The predicted octanol–water partition coefficient (Wildman–Crippen LogP) is 4.44. The molecule has 0 saturated carbocycles. The number of aromatic nitrogens is 2. The Morgan fingerprint density at radius 1 is 1.14 bits per heavy atom. The van der Waals surface area contributed by atoms with Crippen molar-refractivity contribution in [2.24, 2.45) is 0 Å². The Morgan fingerprint density at radius 3 is 2.74 bits per heavy atom. The van der Waals surface area contributed by atoms with Crippen LogP contribution in [0.4, 0.5) is 11.5 Å². The molecule has 3 aromatic rings. The first-order chi connectivity index (χ1) is 20.5. The van der Waals surface area contributed by atoms with E-state index in [4.69, 9.17) is 26.3 Å². The summed E-state index contributed by atoms with van der Waals surface area (Å²) in [5.41, 5.74) is 3.12. The molecule has 1 amide bonds. The zero-order chi connectivity index (χ0) is 29.2. The van der Waals surface area contributed by atoms with Crippen LogP contribution < -0.4 is 14.5 Å². The molecule has 0 bridgehead atoms. The van der Waals surface area contributed by atoms with Crippen LogP contribution in [0.25, 0.3) is 10.8 Å². The quantitative estimate of drug-likeness (QED) is 0.375. The van der Waals surface area contributed by atoms with E-state index >= 15 is 0 Å². The minimum Gasteiger partial charge on any atom is -0.462 e. The monoisotopic (exact) mass is 587 g/mol. The molecule has 2 saturated heterocycles. The normalized spacial score (nSPS) is 20.8. The standard InChI is InChI=1S/C32H36ClN7O2/c1-3-29(41)40-18-17-39(19-23(40)12-14-34)31-25-13-16-38(28-11-5-8-22-7-4-10-26(33)30(22)28)20-27(25)35-32(36-31)42-21-24-9-6-15-37(24)2/h3-5,7-8,10-11,23-24H,1,6,9,12-13,15-21H2,2H3/t23-,24-/m0/s1/i2+2. The van der Waals surface area contributed by atoms with Crippen LogP contribution in [-0.4, -0.2) is 84.1 Å². The van der Waals surface area contributed by atoms with Crippen LogP contribution in [0.15, 0.2) is 49.1 Å². The second-order valence-corrected chi connectivity index (χ2v) is 11.7. The highest BCUT2D eigenvalue weighted by Crippen LogP contribution is 2.37. The van der Waals surface area contributed by atoms with Gasteiger partial charge >= 0.3 is 6.01 Å². The number of ether oxygens (including phenoxy) is 1. The summed E-state index contributed by atoms with van der Waals surface area (Å²) in [6.07, 6.45) is 4.59. The third kappa shape index (κ3) is 5.49. The van der Waals surface area contributed by atoms with Crippen molar-refractivity contribution >= 4 is 39.8 Å². The molecule has 0 N–H and O–H groups in total. The molecule has 2 atom stereocenters. The number of hydrogen-bond donors (Lipinski definition) is 0. The number of benzene rings is 2. The number of nitriles is 1. The molecule has 0 aliphatic carbocycles. The van der Waals surface area contributed by atoms with Gasteiger partial charge in [0.15, 0.2) is 0 Å². The fraction of sp³-hybridized carbons (Fsp3) is 0.438. The molecule has 3 aliphatic heterocycles. The number of rotatable bonds is 7. The lowest BCUT2D eigenvalue weighted by Crippen LogP contribution is -2.55. The van der Waals surface area contributed by atoms with Gasteiger partial charge < -0.3 is 24.3 Å². The smallest absolute Gasteiger partial charge is 0.318 e. The highest BCUT2D eigenvalue weighted by atomic mass is 35.5. The van der Waals surface area contributed by atoms with Gasteiger partial charge in [-0.1, -0.05) is 42.4 Å². The van der Waals surface area contributed by atoms with Crippen LogP contribution in [0, 0.1) is 11.3 Å². The predicted molar refractivity (Wildman–Crippen MR) is 165 cm³/mol. The first-order valence-corrected chi connectivity index (χ1v) is 15.0. The van der Waals surface area contributed by atoms with Crippen molar-refractivity contribution in [3.8, 4) is 12.1 Å². The molecule has 0 radical (unpaired) electrons. The van der Waals surface area contributed by atoms with Crippen LogP contribution in [0.3, 0.4) is 0 Å². The Hall–Kier alpha value is -3.87. The molecular weight excluding hydrogens is 552 g/mol. The van der Waals surface area contributed by atoms with Crippen molar-refractivity contribution in [3.63, 3.8) is 0 Å². The summed E-state index contributed by atoms with van der Waals surface area (Å²) in [6.45, 7) is 8.28. The van der Waals surface area contributed by atoms with E-state index in [1.807, 2.05) is 12.1 Å². The number of nitrogens with zero attached hydrogens (tertiary/aromatic N) is 7. The SMILES string of the molecule is C=CC(=O)N1CCN(c2nc(OC[C@@H]3CCCN3[14CH3])nc3c2CCN(c2cccc4cccc(Cl)c24)C3)C[C@@H]1CC#N. The Bertz CT molecular complexity index is 1530. The molecule has 3 aliphatic rings. The van der Waals surface area contributed by atoms with Crippen molar-refractivity contribution in [2.45, 2.75) is 44.3 Å². The average Bonchev–Trinajstić information content (AvgIpc) is 3.43. The number of likely N-dealkylation sites (N-methyl/N-ethyl adjacent to an activating group) is 1. The maximum atomic E-state index is 12.5. The van der Waals surface area contributed by atoms with E-state index in [1.54, 1.807) is 4.90 Å². The molecule has 2 aromatic carbocycles. The van der Waals surface area contributed by atoms with Gasteiger partial charge in [-0.05, 0) is 56.4 Å². The summed E-state index contributed by atoms with van der Waals surface area (Å²) < 4.78 is 6.28. The first kappa shape index (κ1) is 28.3. The van der Waals surface area contributed by atoms with E-state index in [0.717, 1.165) is 70.9 Å². The van der Waals surface area contributed by atoms with Gasteiger partial charge in [-0.2, -0.15) is 15.2 Å². The lowest BCUT2D eigenvalue weighted by Gasteiger charge is -2.42. The summed E-state index contributed by atoms with van der Waals surface area (Å²) in [5.74, 6) is 0.702. The second kappa shape index (κ2) is 12.2. The van der Waals surface area contributed by atoms with Gasteiger partial charge in [0.2, 0.25) is 5.91 Å². The van der Waals surface area contributed by atoms with Gasteiger partial charge in [0.25, 0.3) is 0 Å². The average molecular weight is 588 g/mol. The fourth-order valence-electron chi connectivity index (χ4n) is 6.56. The number of halogens is 1. The molecule has 9 nitrogen and oxygen atoms in total. The van der Waals surface area contributed by atoms with Gasteiger partial charge in [0.05, 0.1) is 35.8 Å². The van der Waals surface area contributed by atoms with Gasteiger partial charge in [0, 0.05) is 48.9 Å². The lowest BCUT2D eigenvalue weighted by atomic mass is 10.0. The number of carbonyl (C=O) groups excluding carboxylic acids is 1. The number of fused-ring (bicyclic) bond motifs is 2. The Balaban J connectivity index is 1.34. The maximum Gasteiger partial charge on any atom is 0.318 e. The number of anilines is 2. The Kier molecular flexibility index (Phi) is 8.18. The number of hydrogen-bond acceptors (Lipinski definition) is 8. The zero-order valence-corrected chi connectivity index (χ0v) is 24.8. The number of piperazine rings is 1. The molecule has 42 heavy (non-hydrogen) atoms. The number of amides is 1. The third-order valence-electron chi connectivity index (χ3n) is 8.84. The van der Waals surface area contributed by atoms with Gasteiger partial charge in [-0.25, -0.2) is 0 Å². The van der Waals surface area contributed by atoms with Crippen LogP contribution in [0.5, 0.6) is 6.01 Å². The minimum atomic E-state index is -0.241. The maximum absolute atomic E-state index is 12.5. The van der Waals surface area contributed by atoms with E-state index in [-0.39, 0.29) is 18.4 Å². The molecular formula is C32H36ClN7O2. The fourth-order valence-corrected chi connectivity index (χ4v) is 6.83. The highest BCUT2D eigenvalue weighted by Gasteiger charge is 2.33. The van der Waals surface area contributed by atoms with Crippen molar-refractivity contribution in [2.75, 3.05) is 56.2 Å². The van der Waals surface area contributed by atoms with Crippen molar-refractivity contribution < 1.29 is 9.53 Å².